The van der Waals surface area contributed by atoms with Gasteiger partial charge in [0.15, 0.2) is 5.69 Å². The van der Waals surface area contributed by atoms with Gasteiger partial charge in [-0.3, -0.25) is 9.59 Å². The van der Waals surface area contributed by atoms with Gasteiger partial charge in [-0.2, -0.15) is 5.10 Å². The van der Waals surface area contributed by atoms with E-state index in [-0.39, 0.29) is 17.0 Å². The Labute approximate surface area is 158 Å². The van der Waals surface area contributed by atoms with Crippen LogP contribution in [0.2, 0.25) is 0 Å². The van der Waals surface area contributed by atoms with Gasteiger partial charge < -0.3 is 10.3 Å². The Bertz CT molecular complexity index is 1270. The maximum Gasteiger partial charge on any atom is 0.236 e. The minimum Gasteiger partial charge on any atom is -0.463 e. The van der Waals surface area contributed by atoms with E-state index in [4.69, 9.17) is 10.3 Å². The molecule has 0 fully saturated rings. The topological polar surface area (TPSA) is 116 Å². The molecule has 28 heavy (non-hydrogen) atoms. The third-order valence-corrected chi connectivity index (χ3v) is 4.39. The van der Waals surface area contributed by atoms with Crippen LogP contribution in [0.25, 0.3) is 16.7 Å². The second-order valence-corrected chi connectivity index (χ2v) is 6.05. The number of nitrogens with zero attached hydrogens (tertiary/aromatic N) is 4. The molecule has 8 nitrogen and oxygen atoms in total. The number of rotatable bonds is 4. The highest BCUT2D eigenvalue weighted by molar-refractivity contribution is 6.51. The Morgan fingerprint density at radius 3 is 2.57 bits per heavy atom. The molecule has 0 amide bonds. The Morgan fingerprint density at radius 1 is 1.11 bits per heavy atom. The maximum atomic E-state index is 13.0. The lowest BCUT2D eigenvalue weighted by atomic mass is 10.0. The van der Waals surface area contributed by atoms with E-state index in [2.05, 4.69) is 15.4 Å². The number of para-hydroxylation sites is 2. The quantitative estimate of drug-likeness (QED) is 0.254. The summed E-state index contributed by atoms with van der Waals surface area (Å²) in [5.41, 5.74) is 1.06. The average molecular weight is 373 g/mol. The predicted octanol–water partition coefficient (Wildman–Crippen LogP) is 2.23. The molecule has 2 N–H and O–H groups in total. The van der Waals surface area contributed by atoms with Crippen LogP contribution >= 0.6 is 0 Å². The average Bonchev–Trinajstić information content (AvgIpc) is 3.12. The van der Waals surface area contributed by atoms with Crippen molar-refractivity contribution in [3.63, 3.8) is 0 Å². The fourth-order valence-electron chi connectivity index (χ4n) is 2.96. The number of carbonyl (C=O) groups excluding carboxylic acids is 1. The number of hydrogen-bond acceptors (Lipinski definition) is 7. The van der Waals surface area contributed by atoms with Gasteiger partial charge in [-0.1, -0.05) is 35.5 Å². The Morgan fingerprint density at radius 2 is 1.82 bits per heavy atom. The second kappa shape index (κ2) is 6.92. The smallest absolute Gasteiger partial charge is 0.236 e. The van der Waals surface area contributed by atoms with Crippen molar-refractivity contribution in [2.24, 2.45) is 10.9 Å². The lowest BCUT2D eigenvalue weighted by Gasteiger charge is -2.05. The molecule has 0 saturated carbocycles. The molecule has 0 saturated heterocycles. The molecular formula is C20H15N5O3. The second-order valence-electron chi connectivity index (χ2n) is 6.05. The molecule has 0 aliphatic heterocycles. The van der Waals surface area contributed by atoms with Crippen molar-refractivity contribution in [2.45, 2.75) is 6.92 Å². The Balaban J connectivity index is 1.79. The number of carbonyl (C=O) groups is 1. The van der Waals surface area contributed by atoms with E-state index < -0.39 is 11.2 Å². The SMILES string of the molecule is Cc1c(C(=O)/C(=N/N)c2coc3ccccc3c2=O)nnn1-c1ccccc1. The molecule has 2 heterocycles. The number of Topliss-reactive ketones (excluding diaryl/α,β-unsaturated/α-hetero) is 1. The fraction of sp³-hybridized carbons (Fsp3) is 0.0500. The highest BCUT2D eigenvalue weighted by Gasteiger charge is 2.26. The largest absolute Gasteiger partial charge is 0.463 e. The third-order valence-electron chi connectivity index (χ3n) is 4.39. The first-order valence-electron chi connectivity index (χ1n) is 8.43. The van der Waals surface area contributed by atoms with Crippen LogP contribution in [0.4, 0.5) is 0 Å². The fourth-order valence-corrected chi connectivity index (χ4v) is 2.96. The number of fused-ring (bicyclic) bond motifs is 1. The molecular weight excluding hydrogens is 358 g/mol. The van der Waals surface area contributed by atoms with Gasteiger partial charge >= 0.3 is 0 Å². The number of aromatic nitrogens is 3. The highest BCUT2D eigenvalue weighted by Crippen LogP contribution is 2.16. The number of hydrazone groups is 1. The molecule has 0 spiro atoms. The third kappa shape index (κ3) is 2.77. The maximum absolute atomic E-state index is 13.0. The van der Waals surface area contributed by atoms with Gasteiger partial charge in [0.2, 0.25) is 11.2 Å². The zero-order valence-corrected chi connectivity index (χ0v) is 14.9. The molecule has 0 unspecified atom stereocenters. The van der Waals surface area contributed by atoms with Crippen molar-refractivity contribution < 1.29 is 9.21 Å². The minimum absolute atomic E-state index is 0.0279. The van der Waals surface area contributed by atoms with Gasteiger partial charge in [0.05, 0.1) is 22.3 Å². The van der Waals surface area contributed by atoms with E-state index >= 15 is 0 Å². The summed E-state index contributed by atoms with van der Waals surface area (Å²) in [5, 5.41) is 11.9. The number of ketones is 1. The van der Waals surface area contributed by atoms with E-state index in [0.29, 0.717) is 16.7 Å². The first kappa shape index (κ1) is 17.3. The summed E-state index contributed by atoms with van der Waals surface area (Å²) in [6, 6.07) is 16.0. The van der Waals surface area contributed by atoms with Crippen LogP contribution in [0.5, 0.6) is 0 Å². The minimum atomic E-state index is -0.607. The van der Waals surface area contributed by atoms with Crippen molar-refractivity contribution >= 4 is 22.5 Å². The molecule has 0 aliphatic carbocycles. The van der Waals surface area contributed by atoms with Crippen LogP contribution in [0, 0.1) is 6.92 Å². The van der Waals surface area contributed by atoms with Crippen LogP contribution in [0.1, 0.15) is 21.7 Å². The number of benzene rings is 2. The van der Waals surface area contributed by atoms with Gasteiger partial charge in [-0.25, -0.2) is 4.68 Å². The summed E-state index contributed by atoms with van der Waals surface area (Å²) in [6.45, 7) is 1.71. The van der Waals surface area contributed by atoms with Crippen molar-refractivity contribution in [2.75, 3.05) is 0 Å². The molecule has 0 aliphatic rings. The summed E-state index contributed by atoms with van der Waals surface area (Å²) in [7, 11) is 0. The summed E-state index contributed by atoms with van der Waals surface area (Å²) in [5.74, 6) is 4.85. The van der Waals surface area contributed by atoms with Crippen LogP contribution in [0.15, 0.2) is 75.2 Å². The molecule has 0 atom stereocenters. The van der Waals surface area contributed by atoms with Gasteiger partial charge in [-0.05, 0) is 31.2 Å². The summed E-state index contributed by atoms with van der Waals surface area (Å²) < 4.78 is 7.00. The van der Waals surface area contributed by atoms with Crippen LogP contribution in [0.3, 0.4) is 0 Å². The van der Waals surface area contributed by atoms with Crippen molar-refractivity contribution in [1.82, 2.24) is 15.0 Å². The first-order chi connectivity index (χ1) is 13.6. The lowest BCUT2D eigenvalue weighted by Crippen LogP contribution is -2.25. The zero-order valence-electron chi connectivity index (χ0n) is 14.9. The zero-order chi connectivity index (χ0) is 19.7. The molecule has 4 rings (SSSR count). The highest BCUT2D eigenvalue weighted by atomic mass is 16.3. The number of nitrogens with two attached hydrogens (primary N) is 1. The molecule has 138 valence electrons. The molecule has 2 aromatic heterocycles. The lowest BCUT2D eigenvalue weighted by molar-refractivity contribution is 0.106. The van der Waals surface area contributed by atoms with E-state index in [1.807, 2.05) is 30.3 Å². The van der Waals surface area contributed by atoms with Crippen LogP contribution in [-0.4, -0.2) is 26.5 Å². The van der Waals surface area contributed by atoms with Crippen molar-refractivity contribution in [1.29, 1.82) is 0 Å². The van der Waals surface area contributed by atoms with Gasteiger partial charge in [0, 0.05) is 0 Å². The van der Waals surface area contributed by atoms with Gasteiger partial charge in [0.1, 0.15) is 17.6 Å². The number of hydrogen-bond donors (Lipinski definition) is 1. The summed E-state index contributed by atoms with van der Waals surface area (Å²) in [4.78, 5) is 25.8. The molecule has 0 bridgehead atoms. The Kier molecular flexibility index (Phi) is 4.29. The van der Waals surface area contributed by atoms with Crippen molar-refractivity contribution in [3.05, 3.63) is 88.0 Å². The first-order valence-corrected chi connectivity index (χ1v) is 8.43. The summed E-state index contributed by atoms with van der Waals surface area (Å²) in [6.07, 6.45) is 1.19. The monoisotopic (exact) mass is 373 g/mol. The van der Waals surface area contributed by atoms with Crippen molar-refractivity contribution in [3.8, 4) is 5.69 Å². The Hall–Kier alpha value is -4.07. The van der Waals surface area contributed by atoms with E-state index in [1.165, 1.54) is 10.9 Å². The molecule has 8 heteroatoms. The van der Waals surface area contributed by atoms with E-state index in [9.17, 15) is 9.59 Å². The van der Waals surface area contributed by atoms with E-state index in [1.54, 1.807) is 31.2 Å². The molecule has 2 aromatic carbocycles. The van der Waals surface area contributed by atoms with Gasteiger partial charge in [0.25, 0.3) is 0 Å². The molecule has 4 aromatic rings. The normalized spacial score (nSPS) is 11.7. The van der Waals surface area contributed by atoms with Gasteiger partial charge in [-0.15, -0.1) is 5.10 Å². The molecule has 0 radical (unpaired) electrons. The van der Waals surface area contributed by atoms with E-state index in [0.717, 1.165) is 5.69 Å². The standard InChI is InChI=1S/C20H15N5O3/c1-12-17(23-24-25(12)13-7-3-2-4-8-13)20(27)18(22-21)15-11-28-16-10-6-5-9-14(16)19(15)26/h2-11H,21H2,1H3/b22-18+. The van der Waals surface area contributed by atoms with Crippen LogP contribution < -0.4 is 11.3 Å². The summed E-state index contributed by atoms with van der Waals surface area (Å²) >= 11 is 0. The van der Waals surface area contributed by atoms with Crippen LogP contribution in [-0.2, 0) is 0 Å². The predicted molar refractivity (Wildman–Crippen MR) is 104 cm³/mol.